The molecule has 2 aromatic heterocycles. The Bertz CT molecular complexity index is 711. The van der Waals surface area contributed by atoms with E-state index < -0.39 is 0 Å². The highest BCUT2D eigenvalue weighted by Gasteiger charge is 2.12. The summed E-state index contributed by atoms with van der Waals surface area (Å²) in [4.78, 5) is 3.08. The molecule has 0 aliphatic carbocycles. The maximum atomic E-state index is 6.17. The van der Waals surface area contributed by atoms with E-state index in [9.17, 15) is 0 Å². The number of benzene rings is 1. The summed E-state index contributed by atoms with van der Waals surface area (Å²) in [5.41, 5.74) is 1.08. The second-order valence-corrected chi connectivity index (χ2v) is 6.10. The topological polar surface area (TPSA) is 42.2 Å². The maximum absolute atomic E-state index is 6.17. The van der Waals surface area contributed by atoms with Crippen molar-refractivity contribution in [1.82, 2.24) is 15.1 Å². The summed E-state index contributed by atoms with van der Waals surface area (Å²) in [5, 5.41) is 10.9. The van der Waals surface area contributed by atoms with Gasteiger partial charge in [0.25, 0.3) is 5.89 Å². The van der Waals surface area contributed by atoms with Crippen LogP contribution in [0, 0.1) is 0 Å². The third kappa shape index (κ3) is 3.50. The Morgan fingerprint density at radius 1 is 1.14 bits per heavy atom. The van der Waals surface area contributed by atoms with Gasteiger partial charge in [-0.05, 0) is 30.1 Å². The summed E-state index contributed by atoms with van der Waals surface area (Å²) in [6, 6.07) is 11.8. The summed E-state index contributed by atoms with van der Waals surface area (Å²) in [7, 11) is 2.00. The Labute approximate surface area is 132 Å². The van der Waals surface area contributed by atoms with Crippen molar-refractivity contribution in [2.45, 2.75) is 13.1 Å². The average molecular weight is 320 g/mol. The van der Waals surface area contributed by atoms with Crippen LogP contribution in [0.5, 0.6) is 0 Å². The summed E-state index contributed by atoms with van der Waals surface area (Å²) in [6.45, 7) is 1.32. The van der Waals surface area contributed by atoms with Gasteiger partial charge in [0.2, 0.25) is 5.89 Å². The van der Waals surface area contributed by atoms with Crippen LogP contribution in [0.15, 0.2) is 46.2 Å². The number of hydrogen-bond donors (Lipinski definition) is 0. The minimum atomic E-state index is 0.575. The monoisotopic (exact) mass is 319 g/mol. The van der Waals surface area contributed by atoms with Crippen LogP contribution in [0.4, 0.5) is 0 Å². The molecule has 0 N–H and O–H groups in total. The lowest BCUT2D eigenvalue weighted by Crippen LogP contribution is -2.17. The lowest BCUT2D eigenvalue weighted by atomic mass is 10.2. The number of aromatic nitrogens is 2. The van der Waals surface area contributed by atoms with Crippen molar-refractivity contribution in [3.05, 3.63) is 58.3 Å². The predicted molar refractivity (Wildman–Crippen MR) is 84.2 cm³/mol. The van der Waals surface area contributed by atoms with E-state index in [0.717, 1.165) is 22.0 Å². The summed E-state index contributed by atoms with van der Waals surface area (Å²) >= 11 is 7.75. The SMILES string of the molecule is CN(Cc1nnc(-c2cccs2)o1)Cc1ccccc1Cl. The minimum Gasteiger partial charge on any atom is -0.419 e. The van der Waals surface area contributed by atoms with Crippen molar-refractivity contribution in [2.24, 2.45) is 0 Å². The van der Waals surface area contributed by atoms with Crippen LogP contribution < -0.4 is 0 Å². The molecule has 0 spiro atoms. The van der Waals surface area contributed by atoms with Crippen LogP contribution in [0.2, 0.25) is 5.02 Å². The Morgan fingerprint density at radius 2 is 2.00 bits per heavy atom. The van der Waals surface area contributed by atoms with Crippen molar-refractivity contribution in [1.29, 1.82) is 0 Å². The Kier molecular flexibility index (Phi) is 4.34. The number of halogens is 1. The Hall–Kier alpha value is -1.69. The Balaban J connectivity index is 1.65. The maximum Gasteiger partial charge on any atom is 0.257 e. The van der Waals surface area contributed by atoms with Gasteiger partial charge in [-0.15, -0.1) is 21.5 Å². The standard InChI is InChI=1S/C15H14ClN3OS/c1-19(9-11-5-2-3-6-12(11)16)10-14-17-18-15(20-14)13-7-4-8-21-13/h2-8H,9-10H2,1H3. The van der Waals surface area contributed by atoms with Gasteiger partial charge in [0, 0.05) is 11.6 Å². The lowest BCUT2D eigenvalue weighted by Gasteiger charge is -2.15. The highest BCUT2D eigenvalue weighted by molar-refractivity contribution is 7.13. The molecule has 0 aliphatic rings. The van der Waals surface area contributed by atoms with E-state index in [1.807, 2.05) is 48.8 Å². The fourth-order valence-corrected chi connectivity index (χ4v) is 2.86. The number of thiophene rings is 1. The first-order valence-corrected chi connectivity index (χ1v) is 7.76. The molecule has 21 heavy (non-hydrogen) atoms. The molecule has 0 atom stereocenters. The first-order chi connectivity index (χ1) is 10.2. The second kappa shape index (κ2) is 6.39. The Morgan fingerprint density at radius 3 is 2.76 bits per heavy atom. The quantitative estimate of drug-likeness (QED) is 0.710. The number of hydrogen-bond acceptors (Lipinski definition) is 5. The molecule has 0 bridgehead atoms. The highest BCUT2D eigenvalue weighted by Crippen LogP contribution is 2.23. The minimum absolute atomic E-state index is 0.575. The van der Waals surface area contributed by atoms with Gasteiger partial charge in [-0.25, -0.2) is 0 Å². The van der Waals surface area contributed by atoms with Crippen molar-refractivity contribution in [3.8, 4) is 10.8 Å². The van der Waals surface area contributed by atoms with Gasteiger partial charge in [0.1, 0.15) is 0 Å². The molecular formula is C15H14ClN3OS. The average Bonchev–Trinajstić information content (AvgIpc) is 3.12. The van der Waals surface area contributed by atoms with E-state index in [2.05, 4.69) is 15.1 Å². The van der Waals surface area contributed by atoms with E-state index in [1.54, 1.807) is 11.3 Å². The van der Waals surface area contributed by atoms with Crippen LogP contribution in [-0.2, 0) is 13.1 Å². The van der Waals surface area contributed by atoms with E-state index >= 15 is 0 Å². The molecule has 0 saturated carbocycles. The van der Waals surface area contributed by atoms with Crippen LogP contribution in [0.1, 0.15) is 11.5 Å². The molecule has 0 saturated heterocycles. The third-order valence-corrected chi connectivity index (χ3v) is 4.23. The molecule has 2 heterocycles. The van der Waals surface area contributed by atoms with E-state index in [1.165, 1.54) is 0 Å². The van der Waals surface area contributed by atoms with Crippen LogP contribution in [0.3, 0.4) is 0 Å². The second-order valence-electron chi connectivity index (χ2n) is 4.74. The van der Waals surface area contributed by atoms with Gasteiger partial charge in [-0.3, -0.25) is 4.90 Å². The first-order valence-electron chi connectivity index (χ1n) is 6.50. The van der Waals surface area contributed by atoms with E-state index in [4.69, 9.17) is 16.0 Å². The van der Waals surface area contributed by atoms with Crippen LogP contribution in [-0.4, -0.2) is 22.1 Å². The molecule has 0 radical (unpaired) electrons. The predicted octanol–water partition coefficient (Wildman–Crippen LogP) is 4.08. The molecule has 108 valence electrons. The molecule has 3 rings (SSSR count). The zero-order chi connectivity index (χ0) is 14.7. The zero-order valence-electron chi connectivity index (χ0n) is 11.5. The highest BCUT2D eigenvalue weighted by atomic mass is 35.5. The molecule has 0 amide bonds. The lowest BCUT2D eigenvalue weighted by molar-refractivity contribution is 0.283. The summed E-state index contributed by atoms with van der Waals surface area (Å²) < 4.78 is 5.68. The van der Waals surface area contributed by atoms with Gasteiger partial charge in [-0.2, -0.15) is 0 Å². The van der Waals surface area contributed by atoms with E-state index in [0.29, 0.717) is 18.3 Å². The summed E-state index contributed by atoms with van der Waals surface area (Å²) in [6.07, 6.45) is 0. The van der Waals surface area contributed by atoms with Gasteiger partial charge in [0.05, 0.1) is 11.4 Å². The van der Waals surface area contributed by atoms with E-state index in [-0.39, 0.29) is 0 Å². The van der Waals surface area contributed by atoms with Gasteiger partial charge in [0.15, 0.2) is 0 Å². The van der Waals surface area contributed by atoms with Crippen LogP contribution >= 0.6 is 22.9 Å². The van der Waals surface area contributed by atoms with Gasteiger partial charge >= 0.3 is 0 Å². The molecule has 0 fully saturated rings. The fraction of sp³-hybridized carbons (Fsp3) is 0.200. The molecule has 3 aromatic rings. The van der Waals surface area contributed by atoms with Gasteiger partial charge < -0.3 is 4.42 Å². The fourth-order valence-electron chi connectivity index (χ4n) is 2.02. The largest absolute Gasteiger partial charge is 0.419 e. The van der Waals surface area contributed by atoms with Crippen molar-refractivity contribution in [2.75, 3.05) is 7.05 Å². The zero-order valence-corrected chi connectivity index (χ0v) is 13.1. The van der Waals surface area contributed by atoms with Crippen molar-refractivity contribution >= 4 is 22.9 Å². The van der Waals surface area contributed by atoms with Crippen LogP contribution in [0.25, 0.3) is 10.8 Å². The molecule has 0 unspecified atom stereocenters. The number of rotatable bonds is 5. The summed E-state index contributed by atoms with van der Waals surface area (Å²) in [5.74, 6) is 1.18. The molecule has 0 aliphatic heterocycles. The molecule has 1 aromatic carbocycles. The molecule has 6 heteroatoms. The smallest absolute Gasteiger partial charge is 0.257 e. The third-order valence-electron chi connectivity index (χ3n) is 3.00. The number of nitrogens with zero attached hydrogens (tertiary/aromatic N) is 3. The van der Waals surface area contributed by atoms with Gasteiger partial charge in [-0.1, -0.05) is 35.9 Å². The van der Waals surface area contributed by atoms with Crippen molar-refractivity contribution in [3.63, 3.8) is 0 Å². The van der Waals surface area contributed by atoms with Crippen molar-refractivity contribution < 1.29 is 4.42 Å². The molecular weight excluding hydrogens is 306 g/mol. The normalized spacial score (nSPS) is 11.2. The molecule has 4 nitrogen and oxygen atoms in total. The first kappa shape index (κ1) is 14.3.